The van der Waals surface area contributed by atoms with Gasteiger partial charge in [-0.15, -0.1) is 11.3 Å². The first-order valence-corrected chi connectivity index (χ1v) is 7.04. The predicted molar refractivity (Wildman–Crippen MR) is 77.2 cm³/mol. The molecular formula is C14H16ClNOS. The van der Waals surface area contributed by atoms with Gasteiger partial charge in [0, 0.05) is 27.9 Å². The Morgan fingerprint density at radius 3 is 2.56 bits per heavy atom. The molecule has 2 rings (SSSR count). The van der Waals surface area contributed by atoms with Crippen LogP contribution in [0.15, 0.2) is 36.4 Å². The zero-order valence-electron chi connectivity index (χ0n) is 10.2. The molecule has 4 heteroatoms. The average molecular weight is 282 g/mol. The summed E-state index contributed by atoms with van der Waals surface area (Å²) in [6, 6.07) is 11.5. The molecule has 18 heavy (non-hydrogen) atoms. The third-order valence-electron chi connectivity index (χ3n) is 2.69. The van der Waals surface area contributed by atoms with Crippen LogP contribution in [0.4, 0.5) is 0 Å². The second-order valence-electron chi connectivity index (χ2n) is 4.21. The van der Waals surface area contributed by atoms with Gasteiger partial charge in [0.05, 0.1) is 6.10 Å². The molecule has 0 saturated carbocycles. The first-order chi connectivity index (χ1) is 8.65. The highest BCUT2D eigenvalue weighted by Crippen LogP contribution is 2.17. The lowest BCUT2D eigenvalue weighted by Gasteiger charge is -2.11. The van der Waals surface area contributed by atoms with Gasteiger partial charge >= 0.3 is 0 Å². The molecule has 0 saturated heterocycles. The molecule has 2 aromatic rings. The number of aryl methyl sites for hydroxylation is 1. The number of benzene rings is 1. The van der Waals surface area contributed by atoms with Crippen molar-refractivity contribution < 1.29 is 5.11 Å². The van der Waals surface area contributed by atoms with Crippen LogP contribution >= 0.6 is 22.9 Å². The number of hydrogen-bond acceptors (Lipinski definition) is 3. The predicted octanol–water partition coefficient (Wildman–Crippen LogP) is 3.53. The maximum atomic E-state index is 9.99. The summed E-state index contributed by atoms with van der Waals surface area (Å²) >= 11 is 7.58. The Morgan fingerprint density at radius 1 is 1.22 bits per heavy atom. The van der Waals surface area contributed by atoms with Crippen LogP contribution in [0.1, 0.15) is 21.4 Å². The third kappa shape index (κ3) is 3.82. The van der Waals surface area contributed by atoms with E-state index in [2.05, 4.69) is 24.4 Å². The van der Waals surface area contributed by atoms with Gasteiger partial charge in [0.15, 0.2) is 0 Å². The molecule has 0 bridgehead atoms. The van der Waals surface area contributed by atoms with Gasteiger partial charge in [0.2, 0.25) is 0 Å². The minimum absolute atomic E-state index is 0.497. The maximum Gasteiger partial charge on any atom is 0.0914 e. The molecule has 1 heterocycles. The smallest absolute Gasteiger partial charge is 0.0914 e. The van der Waals surface area contributed by atoms with Gasteiger partial charge < -0.3 is 10.4 Å². The Morgan fingerprint density at radius 2 is 1.94 bits per heavy atom. The molecule has 0 aliphatic carbocycles. The van der Waals surface area contributed by atoms with Crippen LogP contribution in [0.25, 0.3) is 0 Å². The first kappa shape index (κ1) is 13.6. The fourth-order valence-corrected chi connectivity index (χ4v) is 2.70. The number of aliphatic hydroxyl groups is 1. The lowest BCUT2D eigenvalue weighted by Crippen LogP contribution is -2.20. The Hall–Kier alpha value is -0.870. The molecular weight excluding hydrogens is 266 g/mol. The van der Waals surface area contributed by atoms with Crippen molar-refractivity contribution in [3.8, 4) is 0 Å². The van der Waals surface area contributed by atoms with Crippen molar-refractivity contribution in [2.24, 2.45) is 0 Å². The molecule has 1 unspecified atom stereocenters. The molecule has 0 fully saturated rings. The highest BCUT2D eigenvalue weighted by Gasteiger charge is 2.06. The summed E-state index contributed by atoms with van der Waals surface area (Å²) in [6.07, 6.45) is -0.497. The van der Waals surface area contributed by atoms with Crippen molar-refractivity contribution in [1.82, 2.24) is 5.32 Å². The summed E-state index contributed by atoms with van der Waals surface area (Å²) in [4.78, 5) is 2.60. The van der Waals surface area contributed by atoms with E-state index < -0.39 is 6.10 Å². The van der Waals surface area contributed by atoms with Crippen LogP contribution in [0.2, 0.25) is 5.02 Å². The number of halogens is 1. The summed E-state index contributed by atoms with van der Waals surface area (Å²) in [7, 11) is 0. The van der Waals surface area contributed by atoms with E-state index in [-0.39, 0.29) is 0 Å². The summed E-state index contributed by atoms with van der Waals surface area (Å²) in [5.74, 6) is 0. The van der Waals surface area contributed by atoms with Crippen LogP contribution in [-0.2, 0) is 6.54 Å². The molecule has 1 aromatic heterocycles. The highest BCUT2D eigenvalue weighted by atomic mass is 35.5. The highest BCUT2D eigenvalue weighted by molar-refractivity contribution is 7.11. The maximum absolute atomic E-state index is 9.99. The second-order valence-corrected chi connectivity index (χ2v) is 6.02. The Balaban J connectivity index is 1.81. The molecule has 0 aliphatic heterocycles. The number of aliphatic hydroxyl groups excluding tert-OH is 1. The summed E-state index contributed by atoms with van der Waals surface area (Å²) in [5.41, 5.74) is 0.884. The molecule has 0 spiro atoms. The van der Waals surface area contributed by atoms with Crippen molar-refractivity contribution in [2.45, 2.75) is 19.6 Å². The van der Waals surface area contributed by atoms with Gasteiger partial charge in [-0.1, -0.05) is 23.7 Å². The van der Waals surface area contributed by atoms with Crippen molar-refractivity contribution in [3.63, 3.8) is 0 Å². The molecule has 96 valence electrons. The average Bonchev–Trinajstić information content (AvgIpc) is 2.76. The van der Waals surface area contributed by atoms with E-state index in [9.17, 15) is 5.11 Å². The minimum Gasteiger partial charge on any atom is -0.387 e. The normalized spacial score (nSPS) is 12.6. The van der Waals surface area contributed by atoms with Gasteiger partial charge in [0.1, 0.15) is 0 Å². The standard InChI is InChI=1S/C14H16ClNOS/c1-10-2-7-13(18-10)8-16-9-14(17)11-3-5-12(15)6-4-11/h2-7,14,16-17H,8-9H2,1H3. The topological polar surface area (TPSA) is 32.3 Å². The van der Waals surface area contributed by atoms with E-state index in [0.717, 1.165) is 12.1 Å². The molecule has 1 atom stereocenters. The Kier molecular flexibility index (Phi) is 4.78. The van der Waals surface area contributed by atoms with Crippen LogP contribution in [0.5, 0.6) is 0 Å². The summed E-state index contributed by atoms with van der Waals surface area (Å²) in [5, 5.41) is 13.9. The Labute approximate surface area is 116 Å². The van der Waals surface area contributed by atoms with Crippen LogP contribution in [0, 0.1) is 6.92 Å². The van der Waals surface area contributed by atoms with Gasteiger partial charge in [-0.2, -0.15) is 0 Å². The molecule has 0 amide bonds. The molecule has 2 N–H and O–H groups in total. The van der Waals surface area contributed by atoms with Gasteiger partial charge in [0.25, 0.3) is 0 Å². The largest absolute Gasteiger partial charge is 0.387 e. The number of rotatable bonds is 5. The van der Waals surface area contributed by atoms with E-state index in [4.69, 9.17) is 11.6 Å². The van der Waals surface area contributed by atoms with Crippen LogP contribution < -0.4 is 5.32 Å². The van der Waals surface area contributed by atoms with Gasteiger partial charge in [-0.05, 0) is 36.8 Å². The monoisotopic (exact) mass is 281 g/mol. The van der Waals surface area contributed by atoms with Crippen molar-refractivity contribution in [1.29, 1.82) is 0 Å². The van der Waals surface area contributed by atoms with Crippen molar-refractivity contribution >= 4 is 22.9 Å². The van der Waals surface area contributed by atoms with E-state index in [1.165, 1.54) is 9.75 Å². The molecule has 2 nitrogen and oxygen atoms in total. The number of nitrogens with one attached hydrogen (secondary N) is 1. The van der Waals surface area contributed by atoms with E-state index in [1.807, 2.05) is 12.1 Å². The van der Waals surface area contributed by atoms with Crippen molar-refractivity contribution in [3.05, 3.63) is 56.7 Å². The molecule has 0 aliphatic rings. The zero-order valence-corrected chi connectivity index (χ0v) is 11.8. The lowest BCUT2D eigenvalue weighted by molar-refractivity contribution is 0.174. The van der Waals surface area contributed by atoms with E-state index in [1.54, 1.807) is 23.5 Å². The molecule has 0 radical (unpaired) electrons. The minimum atomic E-state index is -0.497. The van der Waals surface area contributed by atoms with Gasteiger partial charge in [-0.25, -0.2) is 0 Å². The fourth-order valence-electron chi connectivity index (χ4n) is 1.72. The fraction of sp³-hybridized carbons (Fsp3) is 0.286. The van der Waals surface area contributed by atoms with Crippen molar-refractivity contribution in [2.75, 3.05) is 6.54 Å². The SMILES string of the molecule is Cc1ccc(CNCC(O)c2ccc(Cl)cc2)s1. The Bertz CT molecular complexity index is 495. The second kappa shape index (κ2) is 6.34. The lowest BCUT2D eigenvalue weighted by atomic mass is 10.1. The van der Waals surface area contributed by atoms with E-state index >= 15 is 0 Å². The molecule has 1 aromatic carbocycles. The third-order valence-corrected chi connectivity index (χ3v) is 3.94. The quantitative estimate of drug-likeness (QED) is 0.879. The van der Waals surface area contributed by atoms with Gasteiger partial charge in [-0.3, -0.25) is 0 Å². The van der Waals surface area contributed by atoms with Crippen LogP contribution in [0.3, 0.4) is 0 Å². The summed E-state index contributed by atoms with van der Waals surface area (Å²) < 4.78 is 0. The van der Waals surface area contributed by atoms with E-state index in [0.29, 0.717) is 11.6 Å². The number of thiophene rings is 1. The number of hydrogen-bond donors (Lipinski definition) is 2. The zero-order chi connectivity index (χ0) is 13.0. The van der Waals surface area contributed by atoms with Crippen LogP contribution in [-0.4, -0.2) is 11.7 Å². The first-order valence-electron chi connectivity index (χ1n) is 5.85. The summed E-state index contributed by atoms with van der Waals surface area (Å²) in [6.45, 7) is 3.43.